The Hall–Kier alpha value is -1.16. The van der Waals surface area contributed by atoms with Crippen LogP contribution in [0, 0.1) is 6.92 Å². The van der Waals surface area contributed by atoms with E-state index >= 15 is 0 Å². The molecular formula is C14H13NS2. The largest absolute Gasteiger partial charge is 0.320 e. The van der Waals surface area contributed by atoms with E-state index in [2.05, 4.69) is 48.0 Å². The zero-order valence-corrected chi connectivity index (χ0v) is 11.1. The van der Waals surface area contributed by atoms with E-state index < -0.39 is 0 Å². The van der Waals surface area contributed by atoms with Crippen molar-refractivity contribution in [2.24, 2.45) is 5.73 Å². The molecule has 3 aromatic rings. The number of nitrogens with two attached hydrogens (primary N) is 1. The third kappa shape index (κ3) is 1.90. The summed E-state index contributed by atoms with van der Waals surface area (Å²) in [6, 6.07) is 10.6. The number of fused-ring (bicyclic) bond motifs is 1. The number of hydrogen-bond donors (Lipinski definition) is 1. The van der Waals surface area contributed by atoms with Gasteiger partial charge in [0.05, 0.1) is 6.04 Å². The number of benzene rings is 1. The lowest BCUT2D eigenvalue weighted by atomic mass is 10.0. The first-order valence-corrected chi connectivity index (χ1v) is 7.28. The minimum atomic E-state index is -0.00361. The first-order valence-electron chi connectivity index (χ1n) is 5.52. The average molecular weight is 259 g/mol. The molecule has 0 amide bonds. The molecule has 0 aliphatic carbocycles. The predicted molar refractivity (Wildman–Crippen MR) is 76.9 cm³/mol. The molecule has 0 fully saturated rings. The smallest absolute Gasteiger partial charge is 0.0574 e. The Bertz CT molecular complexity index is 651. The molecule has 0 saturated heterocycles. The van der Waals surface area contributed by atoms with Crippen molar-refractivity contribution in [3.05, 3.63) is 57.1 Å². The van der Waals surface area contributed by atoms with Gasteiger partial charge in [-0.3, -0.25) is 0 Å². The summed E-state index contributed by atoms with van der Waals surface area (Å²) in [5, 5.41) is 5.63. The summed E-state index contributed by atoms with van der Waals surface area (Å²) in [6.45, 7) is 2.12. The first kappa shape index (κ1) is 11.0. The molecule has 1 atom stereocenters. The van der Waals surface area contributed by atoms with Crippen LogP contribution in [0.3, 0.4) is 0 Å². The molecule has 0 radical (unpaired) electrons. The van der Waals surface area contributed by atoms with Crippen molar-refractivity contribution in [2.75, 3.05) is 0 Å². The van der Waals surface area contributed by atoms with Gasteiger partial charge in [0.15, 0.2) is 0 Å². The van der Waals surface area contributed by atoms with Crippen molar-refractivity contribution in [1.29, 1.82) is 0 Å². The molecule has 17 heavy (non-hydrogen) atoms. The number of aryl methyl sites for hydroxylation is 1. The maximum absolute atomic E-state index is 6.35. The van der Waals surface area contributed by atoms with Crippen LogP contribution in [0.2, 0.25) is 0 Å². The minimum Gasteiger partial charge on any atom is -0.320 e. The molecule has 86 valence electrons. The van der Waals surface area contributed by atoms with E-state index in [1.807, 2.05) is 0 Å². The number of hydrogen-bond acceptors (Lipinski definition) is 3. The predicted octanol–water partition coefficient (Wildman–Crippen LogP) is 4.32. The van der Waals surface area contributed by atoms with Crippen LogP contribution in [0.15, 0.2) is 41.1 Å². The first-order chi connectivity index (χ1) is 8.25. The van der Waals surface area contributed by atoms with Gasteiger partial charge < -0.3 is 5.73 Å². The third-order valence-electron chi connectivity index (χ3n) is 2.96. The van der Waals surface area contributed by atoms with Crippen LogP contribution in [-0.2, 0) is 0 Å². The standard InChI is InChI=1S/C14H13NS2/c1-9-6-10(7-16-9)14(15)12-8-17-13-5-3-2-4-11(12)13/h2-8,14H,15H2,1H3. The Morgan fingerprint density at radius 3 is 2.71 bits per heavy atom. The Balaban J connectivity index is 2.09. The van der Waals surface area contributed by atoms with Gasteiger partial charge in [-0.15, -0.1) is 22.7 Å². The maximum Gasteiger partial charge on any atom is 0.0574 e. The van der Waals surface area contributed by atoms with Gasteiger partial charge in [-0.2, -0.15) is 0 Å². The second kappa shape index (κ2) is 4.26. The van der Waals surface area contributed by atoms with Crippen molar-refractivity contribution >= 4 is 32.8 Å². The highest BCUT2D eigenvalue weighted by Crippen LogP contribution is 2.33. The SMILES string of the molecule is Cc1cc(C(N)c2csc3ccccc23)cs1. The minimum absolute atomic E-state index is 0.00361. The molecule has 2 heterocycles. The Morgan fingerprint density at radius 1 is 1.12 bits per heavy atom. The highest BCUT2D eigenvalue weighted by atomic mass is 32.1. The van der Waals surface area contributed by atoms with E-state index in [0.717, 1.165) is 0 Å². The van der Waals surface area contributed by atoms with Crippen molar-refractivity contribution < 1.29 is 0 Å². The van der Waals surface area contributed by atoms with Gasteiger partial charge >= 0.3 is 0 Å². The molecule has 0 saturated carbocycles. The quantitative estimate of drug-likeness (QED) is 0.728. The van der Waals surface area contributed by atoms with E-state index in [1.54, 1.807) is 22.7 Å². The van der Waals surface area contributed by atoms with Gasteiger partial charge in [0.1, 0.15) is 0 Å². The summed E-state index contributed by atoms with van der Waals surface area (Å²) in [7, 11) is 0. The molecule has 1 nitrogen and oxygen atoms in total. The maximum atomic E-state index is 6.35. The van der Waals surface area contributed by atoms with Crippen LogP contribution < -0.4 is 5.73 Å². The van der Waals surface area contributed by atoms with E-state index in [9.17, 15) is 0 Å². The summed E-state index contributed by atoms with van der Waals surface area (Å²) in [4.78, 5) is 1.31. The fourth-order valence-corrected chi connectivity index (χ4v) is 3.78. The van der Waals surface area contributed by atoms with E-state index in [-0.39, 0.29) is 6.04 Å². The second-order valence-electron chi connectivity index (χ2n) is 4.16. The molecule has 3 rings (SSSR count). The molecule has 0 bridgehead atoms. The molecule has 2 aromatic heterocycles. The molecule has 0 aliphatic rings. The van der Waals surface area contributed by atoms with Crippen molar-refractivity contribution in [1.82, 2.24) is 0 Å². The van der Waals surface area contributed by atoms with E-state index in [0.29, 0.717) is 0 Å². The van der Waals surface area contributed by atoms with E-state index in [4.69, 9.17) is 5.73 Å². The zero-order valence-electron chi connectivity index (χ0n) is 9.51. The fourth-order valence-electron chi connectivity index (χ4n) is 2.05. The monoisotopic (exact) mass is 259 g/mol. The highest BCUT2D eigenvalue weighted by Gasteiger charge is 2.14. The van der Waals surface area contributed by atoms with Crippen LogP contribution in [0.5, 0.6) is 0 Å². The lowest BCUT2D eigenvalue weighted by Gasteiger charge is -2.08. The van der Waals surface area contributed by atoms with Crippen molar-refractivity contribution in [3.8, 4) is 0 Å². The normalized spacial score (nSPS) is 13.1. The number of thiophene rings is 2. The summed E-state index contributed by atoms with van der Waals surface area (Å²) < 4.78 is 1.31. The van der Waals surface area contributed by atoms with Gasteiger partial charge in [0.2, 0.25) is 0 Å². The fraction of sp³-hybridized carbons (Fsp3) is 0.143. The van der Waals surface area contributed by atoms with Crippen LogP contribution >= 0.6 is 22.7 Å². The van der Waals surface area contributed by atoms with Gasteiger partial charge in [-0.25, -0.2) is 0 Å². The van der Waals surface area contributed by atoms with Gasteiger partial charge in [-0.05, 0) is 46.3 Å². The Labute approximate surface area is 109 Å². The second-order valence-corrected chi connectivity index (χ2v) is 6.18. The molecular weight excluding hydrogens is 246 g/mol. The summed E-state index contributed by atoms with van der Waals surface area (Å²) in [5.41, 5.74) is 8.81. The van der Waals surface area contributed by atoms with Gasteiger partial charge in [-0.1, -0.05) is 18.2 Å². The third-order valence-corrected chi connectivity index (χ3v) is 4.82. The van der Waals surface area contributed by atoms with Crippen LogP contribution in [0.1, 0.15) is 22.0 Å². The summed E-state index contributed by atoms with van der Waals surface area (Å²) >= 11 is 3.53. The Morgan fingerprint density at radius 2 is 1.94 bits per heavy atom. The lowest BCUT2D eigenvalue weighted by molar-refractivity contribution is 0.890. The van der Waals surface area contributed by atoms with Crippen molar-refractivity contribution in [3.63, 3.8) is 0 Å². The molecule has 3 heteroatoms. The topological polar surface area (TPSA) is 26.0 Å². The van der Waals surface area contributed by atoms with Gasteiger partial charge in [0.25, 0.3) is 0 Å². The van der Waals surface area contributed by atoms with E-state index in [1.165, 1.54) is 26.1 Å². The molecule has 1 unspecified atom stereocenters. The summed E-state index contributed by atoms with van der Waals surface area (Å²) in [5.74, 6) is 0. The van der Waals surface area contributed by atoms with Crippen LogP contribution in [0.25, 0.3) is 10.1 Å². The lowest BCUT2D eigenvalue weighted by Crippen LogP contribution is -2.10. The van der Waals surface area contributed by atoms with Crippen LogP contribution in [0.4, 0.5) is 0 Å². The molecule has 0 spiro atoms. The zero-order chi connectivity index (χ0) is 11.8. The highest BCUT2D eigenvalue weighted by molar-refractivity contribution is 7.17. The summed E-state index contributed by atoms with van der Waals surface area (Å²) in [6.07, 6.45) is 0. The molecule has 1 aromatic carbocycles. The Kier molecular flexibility index (Phi) is 2.74. The van der Waals surface area contributed by atoms with Gasteiger partial charge in [0, 0.05) is 9.58 Å². The average Bonchev–Trinajstić information content (AvgIpc) is 2.94. The van der Waals surface area contributed by atoms with Crippen LogP contribution in [-0.4, -0.2) is 0 Å². The molecule has 0 aliphatic heterocycles. The van der Waals surface area contributed by atoms with Crippen molar-refractivity contribution in [2.45, 2.75) is 13.0 Å². The molecule has 2 N–H and O–H groups in total. The number of rotatable bonds is 2.